The first-order chi connectivity index (χ1) is 9.52. The number of amidine groups is 1. The minimum Gasteiger partial charge on any atom is -0.435 e. The van der Waals surface area contributed by atoms with Crippen LogP contribution in [0.4, 0.5) is 14.5 Å². The third-order valence-corrected chi connectivity index (χ3v) is 3.82. The summed E-state index contributed by atoms with van der Waals surface area (Å²) in [5.74, 6) is 1.78. The number of anilines is 1. The highest BCUT2D eigenvalue weighted by atomic mass is 32.2. The van der Waals surface area contributed by atoms with Crippen LogP contribution in [0.25, 0.3) is 0 Å². The molecule has 2 rings (SSSR count). The molecule has 1 aliphatic heterocycles. The van der Waals surface area contributed by atoms with E-state index in [1.54, 1.807) is 23.9 Å². The summed E-state index contributed by atoms with van der Waals surface area (Å²) in [6, 6.07) is 6.80. The van der Waals surface area contributed by atoms with E-state index in [-0.39, 0.29) is 5.75 Å². The van der Waals surface area contributed by atoms with Gasteiger partial charge in [-0.3, -0.25) is 4.99 Å². The molecule has 1 aromatic carbocycles. The lowest BCUT2D eigenvalue weighted by Gasteiger charge is -2.08. The third-order valence-electron chi connectivity index (χ3n) is 2.79. The molecule has 3 nitrogen and oxygen atoms in total. The predicted octanol–water partition coefficient (Wildman–Crippen LogP) is 4.22. The van der Waals surface area contributed by atoms with E-state index >= 15 is 0 Å². The molecular formula is C14H18F2N2OS. The van der Waals surface area contributed by atoms with Gasteiger partial charge in [-0.25, -0.2) is 0 Å². The van der Waals surface area contributed by atoms with Crippen molar-refractivity contribution in [3.05, 3.63) is 24.3 Å². The molecule has 0 aromatic heterocycles. The van der Waals surface area contributed by atoms with Crippen molar-refractivity contribution < 1.29 is 13.5 Å². The lowest BCUT2D eigenvalue weighted by Crippen LogP contribution is -2.08. The van der Waals surface area contributed by atoms with Crippen LogP contribution >= 0.6 is 11.8 Å². The maximum absolute atomic E-state index is 12.0. The Morgan fingerprint density at radius 2 is 2.05 bits per heavy atom. The van der Waals surface area contributed by atoms with Crippen molar-refractivity contribution in [3.8, 4) is 5.75 Å². The van der Waals surface area contributed by atoms with Crippen LogP contribution in [-0.2, 0) is 0 Å². The molecule has 1 N–H and O–H groups in total. The fraction of sp³-hybridized carbons (Fsp3) is 0.500. The Labute approximate surface area is 121 Å². The number of alkyl halides is 2. The van der Waals surface area contributed by atoms with Crippen LogP contribution in [0.3, 0.4) is 0 Å². The number of nitrogens with zero attached hydrogens (tertiary/aromatic N) is 1. The molecule has 0 fully saturated rings. The number of thioether (sulfide) groups is 1. The molecule has 20 heavy (non-hydrogen) atoms. The second kappa shape index (κ2) is 6.92. The standard InChI is InChI=1S/C14H18F2N2OS/c1-9(2)7-11-8-20-14(18-11)17-10-3-5-12(6-4-10)19-13(15)16/h3-6,9,11,13H,7-8H2,1-2H3,(H,17,18). The van der Waals surface area contributed by atoms with Crippen LogP contribution in [0.1, 0.15) is 20.3 Å². The van der Waals surface area contributed by atoms with Gasteiger partial charge in [-0.15, -0.1) is 0 Å². The fourth-order valence-electron chi connectivity index (χ4n) is 1.99. The zero-order valence-corrected chi connectivity index (χ0v) is 12.3. The molecule has 1 aromatic rings. The quantitative estimate of drug-likeness (QED) is 0.884. The van der Waals surface area contributed by atoms with Gasteiger partial charge in [0.25, 0.3) is 0 Å². The van der Waals surface area contributed by atoms with E-state index in [4.69, 9.17) is 0 Å². The zero-order chi connectivity index (χ0) is 14.5. The Hall–Kier alpha value is -1.30. The Kier molecular flexibility index (Phi) is 5.23. The number of nitrogens with one attached hydrogen (secondary N) is 1. The van der Waals surface area contributed by atoms with Gasteiger partial charge in [-0.1, -0.05) is 25.6 Å². The SMILES string of the molecule is CC(C)CC1CSC(Nc2ccc(OC(F)F)cc2)=N1. The predicted molar refractivity (Wildman–Crippen MR) is 79.8 cm³/mol. The number of hydrogen-bond donors (Lipinski definition) is 1. The van der Waals surface area contributed by atoms with Crippen molar-refractivity contribution in [2.75, 3.05) is 11.1 Å². The lowest BCUT2D eigenvalue weighted by atomic mass is 10.1. The van der Waals surface area contributed by atoms with E-state index in [2.05, 4.69) is 28.9 Å². The maximum Gasteiger partial charge on any atom is 0.387 e. The van der Waals surface area contributed by atoms with E-state index < -0.39 is 6.61 Å². The van der Waals surface area contributed by atoms with Crippen molar-refractivity contribution >= 4 is 22.6 Å². The van der Waals surface area contributed by atoms with Crippen LogP contribution in [0, 0.1) is 5.92 Å². The Bertz CT molecular complexity index is 463. The van der Waals surface area contributed by atoms with Crippen LogP contribution in [-0.4, -0.2) is 23.6 Å². The average Bonchev–Trinajstić information content (AvgIpc) is 2.77. The van der Waals surface area contributed by atoms with Gasteiger partial charge >= 0.3 is 6.61 Å². The number of halogens is 2. The topological polar surface area (TPSA) is 33.6 Å². The van der Waals surface area contributed by atoms with Crippen molar-refractivity contribution in [2.45, 2.75) is 32.9 Å². The van der Waals surface area contributed by atoms with E-state index in [0.717, 1.165) is 23.0 Å². The Morgan fingerprint density at radius 3 is 2.65 bits per heavy atom. The van der Waals surface area contributed by atoms with Crippen molar-refractivity contribution in [1.82, 2.24) is 0 Å². The monoisotopic (exact) mass is 300 g/mol. The summed E-state index contributed by atoms with van der Waals surface area (Å²) in [5.41, 5.74) is 0.822. The highest BCUT2D eigenvalue weighted by Gasteiger charge is 2.19. The molecule has 1 aliphatic rings. The lowest BCUT2D eigenvalue weighted by molar-refractivity contribution is -0.0498. The molecule has 0 amide bonds. The normalized spacial score (nSPS) is 18.5. The molecule has 6 heteroatoms. The highest BCUT2D eigenvalue weighted by Crippen LogP contribution is 2.25. The number of rotatable bonds is 5. The van der Waals surface area contributed by atoms with Gasteiger partial charge in [0.05, 0.1) is 6.04 Å². The molecule has 0 aliphatic carbocycles. The summed E-state index contributed by atoms with van der Waals surface area (Å²) in [7, 11) is 0. The minimum atomic E-state index is -2.79. The van der Waals surface area contributed by atoms with Gasteiger partial charge < -0.3 is 10.1 Å². The van der Waals surface area contributed by atoms with Gasteiger partial charge in [0.15, 0.2) is 5.17 Å². The first kappa shape index (κ1) is 15.1. The first-order valence-corrected chi connectivity index (χ1v) is 7.54. The van der Waals surface area contributed by atoms with Crippen molar-refractivity contribution in [3.63, 3.8) is 0 Å². The molecule has 1 atom stereocenters. The number of benzene rings is 1. The van der Waals surface area contributed by atoms with Crippen molar-refractivity contribution in [2.24, 2.45) is 10.9 Å². The largest absolute Gasteiger partial charge is 0.435 e. The van der Waals surface area contributed by atoms with Crippen LogP contribution in [0.15, 0.2) is 29.3 Å². The third kappa shape index (κ3) is 4.67. The Balaban J connectivity index is 1.90. The van der Waals surface area contributed by atoms with Crippen LogP contribution in [0.2, 0.25) is 0 Å². The van der Waals surface area contributed by atoms with E-state index in [9.17, 15) is 8.78 Å². The van der Waals surface area contributed by atoms with E-state index in [1.807, 2.05) is 0 Å². The highest BCUT2D eigenvalue weighted by molar-refractivity contribution is 8.14. The van der Waals surface area contributed by atoms with E-state index in [0.29, 0.717) is 12.0 Å². The summed E-state index contributed by atoms with van der Waals surface area (Å²) in [6.45, 7) is 1.58. The molecule has 0 spiro atoms. The average molecular weight is 300 g/mol. The molecule has 0 radical (unpaired) electrons. The molecule has 0 bridgehead atoms. The Morgan fingerprint density at radius 1 is 1.35 bits per heavy atom. The molecule has 1 heterocycles. The van der Waals surface area contributed by atoms with Gasteiger partial charge in [0.2, 0.25) is 0 Å². The van der Waals surface area contributed by atoms with Crippen molar-refractivity contribution in [1.29, 1.82) is 0 Å². The molecular weight excluding hydrogens is 282 g/mol. The summed E-state index contributed by atoms with van der Waals surface area (Å²) in [6.07, 6.45) is 1.08. The number of hydrogen-bond acceptors (Lipinski definition) is 4. The molecule has 1 unspecified atom stereocenters. The number of ether oxygens (including phenoxy) is 1. The summed E-state index contributed by atoms with van der Waals surface area (Å²) >= 11 is 1.69. The molecule has 0 saturated carbocycles. The van der Waals surface area contributed by atoms with Gasteiger partial charge in [0.1, 0.15) is 5.75 Å². The van der Waals surface area contributed by atoms with E-state index in [1.165, 1.54) is 12.1 Å². The van der Waals surface area contributed by atoms with Gasteiger partial charge in [-0.05, 0) is 36.6 Å². The second-order valence-electron chi connectivity index (χ2n) is 5.06. The maximum atomic E-state index is 12.0. The fourth-order valence-corrected chi connectivity index (χ4v) is 2.97. The second-order valence-corrected chi connectivity index (χ2v) is 6.07. The summed E-state index contributed by atoms with van der Waals surface area (Å²) in [4.78, 5) is 4.61. The van der Waals surface area contributed by atoms with Crippen LogP contribution < -0.4 is 10.1 Å². The molecule has 0 saturated heterocycles. The zero-order valence-electron chi connectivity index (χ0n) is 11.5. The van der Waals surface area contributed by atoms with Gasteiger partial charge in [0, 0.05) is 11.4 Å². The van der Waals surface area contributed by atoms with Gasteiger partial charge in [-0.2, -0.15) is 8.78 Å². The summed E-state index contributed by atoms with van der Waals surface area (Å²) < 4.78 is 28.4. The smallest absolute Gasteiger partial charge is 0.387 e. The number of aliphatic imine (C=N–C) groups is 1. The van der Waals surface area contributed by atoms with Crippen LogP contribution in [0.5, 0.6) is 5.75 Å². The summed E-state index contributed by atoms with van der Waals surface area (Å²) in [5, 5.41) is 4.08. The minimum absolute atomic E-state index is 0.157. The molecule has 110 valence electrons. The first-order valence-electron chi connectivity index (χ1n) is 6.55.